The number of carbonyl (C=O) groups is 2. The Morgan fingerprint density at radius 1 is 1.43 bits per heavy atom. The van der Waals surface area contributed by atoms with Gasteiger partial charge in [-0.15, -0.1) is 11.3 Å². The van der Waals surface area contributed by atoms with E-state index in [1.165, 1.54) is 10.1 Å². The fourth-order valence-electron chi connectivity index (χ4n) is 2.99. The molecule has 6 heteroatoms. The highest BCUT2D eigenvalue weighted by molar-refractivity contribution is 7.17. The van der Waals surface area contributed by atoms with Gasteiger partial charge in [-0.2, -0.15) is 0 Å². The summed E-state index contributed by atoms with van der Waals surface area (Å²) in [6.07, 6.45) is 0.531. The van der Waals surface area contributed by atoms with Gasteiger partial charge in [0.05, 0.1) is 0 Å². The van der Waals surface area contributed by atoms with Crippen LogP contribution in [0.5, 0.6) is 0 Å². The van der Waals surface area contributed by atoms with Gasteiger partial charge in [0.15, 0.2) is 0 Å². The Kier molecular flexibility index (Phi) is 4.52. The molecule has 1 aliphatic rings. The third-order valence-corrected chi connectivity index (χ3v) is 5.16. The summed E-state index contributed by atoms with van der Waals surface area (Å²) in [5, 5.41) is 6.22. The van der Waals surface area contributed by atoms with Crippen molar-refractivity contribution in [3.8, 4) is 0 Å². The molecule has 0 aliphatic carbocycles. The van der Waals surface area contributed by atoms with Crippen LogP contribution in [0.3, 0.4) is 0 Å². The molecule has 1 atom stereocenters. The van der Waals surface area contributed by atoms with E-state index in [2.05, 4.69) is 28.9 Å². The first-order chi connectivity index (χ1) is 11.0. The maximum absolute atomic E-state index is 12.2. The number of hydrogen-bond acceptors (Lipinski definition) is 3. The highest BCUT2D eigenvalue weighted by Crippen LogP contribution is 2.21. The lowest BCUT2D eigenvalue weighted by molar-refractivity contribution is -0.126. The normalized spacial score (nSPS) is 17.7. The monoisotopic (exact) mass is 331 g/mol. The van der Waals surface area contributed by atoms with E-state index < -0.39 is 0 Å². The van der Waals surface area contributed by atoms with Crippen LogP contribution in [0.25, 0.3) is 10.1 Å². The molecule has 1 aromatic carbocycles. The minimum atomic E-state index is -0.0996. The van der Waals surface area contributed by atoms with Gasteiger partial charge in [-0.3, -0.25) is 4.79 Å². The summed E-state index contributed by atoms with van der Waals surface area (Å²) in [6.45, 7) is 1.84. The first kappa shape index (κ1) is 15.8. The summed E-state index contributed by atoms with van der Waals surface area (Å²) in [6, 6.07) is 8.23. The zero-order valence-corrected chi connectivity index (χ0v) is 14.2. The van der Waals surface area contributed by atoms with Crippen LogP contribution >= 0.6 is 11.3 Å². The maximum Gasteiger partial charge on any atom is 0.317 e. The molecule has 1 N–H and O–H groups in total. The van der Waals surface area contributed by atoms with Gasteiger partial charge in [0.1, 0.15) is 0 Å². The second kappa shape index (κ2) is 6.58. The van der Waals surface area contributed by atoms with Crippen molar-refractivity contribution in [3.63, 3.8) is 0 Å². The van der Waals surface area contributed by atoms with Gasteiger partial charge in [0.25, 0.3) is 0 Å². The number of hydrogen-bond donors (Lipinski definition) is 1. The van der Waals surface area contributed by atoms with Crippen molar-refractivity contribution in [3.05, 3.63) is 35.2 Å². The standard InChI is InChI=1S/C17H21N3O2S/c1-19-10-13(8-16(19)21)11-20(2)17(22)18-9-12-3-4-15-14(7-12)5-6-23-15/h3-7,13H,8-11H2,1-2H3,(H,18,22)/t13-/m0/s1. The predicted octanol–water partition coefficient (Wildman–Crippen LogP) is 2.52. The topological polar surface area (TPSA) is 52.6 Å². The SMILES string of the molecule is CN1C[C@@H](CN(C)C(=O)NCc2ccc3sccc3c2)CC1=O. The number of nitrogens with one attached hydrogen (secondary N) is 1. The summed E-state index contributed by atoms with van der Waals surface area (Å²) in [5.41, 5.74) is 1.09. The Morgan fingerprint density at radius 3 is 3.00 bits per heavy atom. The smallest absolute Gasteiger partial charge is 0.317 e. The van der Waals surface area contributed by atoms with Crippen molar-refractivity contribution < 1.29 is 9.59 Å². The van der Waals surface area contributed by atoms with E-state index in [1.807, 2.05) is 13.1 Å². The number of benzene rings is 1. The van der Waals surface area contributed by atoms with Crippen LogP contribution in [0.1, 0.15) is 12.0 Å². The van der Waals surface area contributed by atoms with Crippen molar-refractivity contribution in [2.75, 3.05) is 27.2 Å². The van der Waals surface area contributed by atoms with Gasteiger partial charge >= 0.3 is 6.03 Å². The number of rotatable bonds is 4. The Hall–Kier alpha value is -2.08. The van der Waals surface area contributed by atoms with Crippen molar-refractivity contribution in [2.45, 2.75) is 13.0 Å². The van der Waals surface area contributed by atoms with Crippen molar-refractivity contribution >= 4 is 33.4 Å². The number of thiophene rings is 1. The fraction of sp³-hybridized carbons (Fsp3) is 0.412. The second-order valence-electron chi connectivity index (χ2n) is 6.18. The van der Waals surface area contributed by atoms with Gasteiger partial charge in [-0.05, 0) is 34.5 Å². The Balaban J connectivity index is 1.51. The summed E-state index contributed by atoms with van der Waals surface area (Å²) < 4.78 is 1.26. The first-order valence-electron chi connectivity index (χ1n) is 7.72. The average molecular weight is 331 g/mol. The van der Waals surface area contributed by atoms with E-state index in [9.17, 15) is 9.59 Å². The molecule has 0 bridgehead atoms. The molecule has 0 saturated carbocycles. The molecular formula is C17H21N3O2S. The lowest BCUT2D eigenvalue weighted by Crippen LogP contribution is -2.40. The maximum atomic E-state index is 12.2. The number of carbonyl (C=O) groups excluding carboxylic acids is 2. The van der Waals surface area contributed by atoms with Crippen LogP contribution in [0.15, 0.2) is 29.6 Å². The summed E-state index contributed by atoms with van der Waals surface area (Å²) >= 11 is 1.72. The van der Waals surface area contributed by atoms with Crippen LogP contribution in [-0.2, 0) is 11.3 Å². The van der Waals surface area contributed by atoms with E-state index >= 15 is 0 Å². The number of urea groups is 1. The number of amides is 3. The van der Waals surface area contributed by atoms with E-state index in [0.29, 0.717) is 19.5 Å². The molecule has 1 aliphatic heterocycles. The molecule has 0 unspecified atom stereocenters. The molecule has 3 rings (SSSR count). The van der Waals surface area contributed by atoms with Crippen molar-refractivity contribution in [2.24, 2.45) is 5.92 Å². The molecule has 1 saturated heterocycles. The quantitative estimate of drug-likeness (QED) is 0.936. The molecule has 5 nitrogen and oxygen atoms in total. The molecule has 0 radical (unpaired) electrons. The predicted molar refractivity (Wildman–Crippen MR) is 92.4 cm³/mol. The fourth-order valence-corrected chi connectivity index (χ4v) is 3.76. The lowest BCUT2D eigenvalue weighted by Gasteiger charge is -2.21. The average Bonchev–Trinajstić information content (AvgIpc) is 3.11. The number of likely N-dealkylation sites (tertiary alicyclic amines) is 1. The molecule has 1 aromatic heterocycles. The highest BCUT2D eigenvalue weighted by Gasteiger charge is 2.28. The summed E-state index contributed by atoms with van der Waals surface area (Å²) in [7, 11) is 3.59. The minimum absolute atomic E-state index is 0.0996. The first-order valence-corrected chi connectivity index (χ1v) is 8.60. The van der Waals surface area contributed by atoms with E-state index in [-0.39, 0.29) is 17.9 Å². The van der Waals surface area contributed by atoms with E-state index in [0.717, 1.165) is 12.1 Å². The van der Waals surface area contributed by atoms with E-state index in [1.54, 1.807) is 28.2 Å². The van der Waals surface area contributed by atoms with Crippen molar-refractivity contribution in [1.29, 1.82) is 0 Å². The molecule has 122 valence electrons. The van der Waals surface area contributed by atoms with Gasteiger partial charge in [-0.25, -0.2) is 4.79 Å². The summed E-state index contributed by atoms with van der Waals surface area (Å²) in [4.78, 5) is 27.1. The van der Waals surface area contributed by atoms with Gasteiger partial charge in [0.2, 0.25) is 5.91 Å². The summed E-state index contributed by atoms with van der Waals surface area (Å²) in [5.74, 6) is 0.387. The molecular weight excluding hydrogens is 310 g/mol. The van der Waals surface area contributed by atoms with Crippen LogP contribution in [0.4, 0.5) is 4.79 Å². The number of nitrogens with zero attached hydrogens (tertiary/aromatic N) is 2. The minimum Gasteiger partial charge on any atom is -0.345 e. The molecule has 0 spiro atoms. The lowest BCUT2D eigenvalue weighted by atomic mass is 10.1. The Bertz CT molecular complexity index is 727. The second-order valence-corrected chi connectivity index (χ2v) is 7.12. The van der Waals surface area contributed by atoms with Crippen LogP contribution in [0.2, 0.25) is 0 Å². The zero-order valence-electron chi connectivity index (χ0n) is 13.4. The van der Waals surface area contributed by atoms with Gasteiger partial charge < -0.3 is 15.1 Å². The molecule has 1 fully saturated rings. The van der Waals surface area contributed by atoms with Crippen LogP contribution in [0, 0.1) is 5.92 Å². The third kappa shape index (κ3) is 3.64. The van der Waals surface area contributed by atoms with Crippen molar-refractivity contribution in [1.82, 2.24) is 15.1 Å². The molecule has 2 heterocycles. The molecule has 23 heavy (non-hydrogen) atoms. The van der Waals surface area contributed by atoms with Crippen LogP contribution < -0.4 is 5.32 Å². The zero-order chi connectivity index (χ0) is 16.4. The highest BCUT2D eigenvalue weighted by atomic mass is 32.1. The Labute approximate surface area is 139 Å². The Morgan fingerprint density at radius 2 is 2.26 bits per heavy atom. The van der Waals surface area contributed by atoms with Gasteiger partial charge in [-0.1, -0.05) is 6.07 Å². The molecule has 3 amide bonds. The van der Waals surface area contributed by atoms with Crippen LogP contribution in [-0.4, -0.2) is 48.9 Å². The molecule has 2 aromatic rings. The number of fused-ring (bicyclic) bond motifs is 1. The van der Waals surface area contributed by atoms with E-state index in [4.69, 9.17) is 0 Å². The van der Waals surface area contributed by atoms with Gasteiger partial charge in [0, 0.05) is 50.8 Å². The largest absolute Gasteiger partial charge is 0.345 e. The third-order valence-electron chi connectivity index (χ3n) is 4.26.